The SMILES string of the molecule is CCOC(=O)c1cc(/C=C/c2cc(OCc3ccccc3)c3ccccc3c2)n(C)n1. The first kappa shape index (κ1) is 20.4. The first-order valence-electron chi connectivity index (χ1n) is 10.2. The molecule has 0 aliphatic rings. The maximum atomic E-state index is 11.9. The summed E-state index contributed by atoms with van der Waals surface area (Å²) in [7, 11) is 1.80. The van der Waals surface area contributed by atoms with Crippen molar-refractivity contribution in [2.75, 3.05) is 6.61 Å². The Morgan fingerprint density at radius 3 is 2.58 bits per heavy atom. The third-order valence-corrected chi connectivity index (χ3v) is 4.93. The fourth-order valence-corrected chi connectivity index (χ4v) is 3.37. The third kappa shape index (κ3) is 4.83. The van der Waals surface area contributed by atoms with Crippen LogP contribution >= 0.6 is 0 Å². The molecule has 1 heterocycles. The summed E-state index contributed by atoms with van der Waals surface area (Å²) in [6.07, 6.45) is 3.93. The van der Waals surface area contributed by atoms with Gasteiger partial charge in [-0.15, -0.1) is 0 Å². The fraction of sp³-hybridized carbons (Fsp3) is 0.154. The predicted molar refractivity (Wildman–Crippen MR) is 123 cm³/mol. The largest absolute Gasteiger partial charge is 0.488 e. The molecular weight excluding hydrogens is 388 g/mol. The van der Waals surface area contributed by atoms with Gasteiger partial charge in [0.25, 0.3) is 0 Å². The van der Waals surface area contributed by atoms with Crippen molar-refractivity contribution in [3.8, 4) is 5.75 Å². The molecule has 1 aromatic heterocycles. The van der Waals surface area contributed by atoms with Crippen LogP contribution in [-0.2, 0) is 18.4 Å². The first-order valence-corrected chi connectivity index (χ1v) is 10.2. The van der Waals surface area contributed by atoms with Crippen molar-refractivity contribution in [1.82, 2.24) is 9.78 Å². The Labute approximate surface area is 181 Å². The molecule has 0 atom stereocenters. The van der Waals surface area contributed by atoms with Crippen molar-refractivity contribution in [2.45, 2.75) is 13.5 Å². The molecule has 0 N–H and O–H groups in total. The molecule has 0 saturated heterocycles. The Kier molecular flexibility index (Phi) is 6.13. The maximum Gasteiger partial charge on any atom is 0.358 e. The van der Waals surface area contributed by atoms with Crippen molar-refractivity contribution >= 4 is 28.9 Å². The van der Waals surface area contributed by atoms with Crippen LogP contribution < -0.4 is 4.74 Å². The lowest BCUT2D eigenvalue weighted by Gasteiger charge is -2.11. The van der Waals surface area contributed by atoms with Crippen LogP contribution in [0.2, 0.25) is 0 Å². The van der Waals surface area contributed by atoms with Gasteiger partial charge in [0.05, 0.1) is 12.3 Å². The average molecular weight is 412 g/mol. The van der Waals surface area contributed by atoms with E-state index < -0.39 is 5.97 Å². The van der Waals surface area contributed by atoms with Crippen molar-refractivity contribution in [2.24, 2.45) is 7.05 Å². The van der Waals surface area contributed by atoms with Gasteiger partial charge in [0.2, 0.25) is 0 Å². The van der Waals surface area contributed by atoms with Gasteiger partial charge >= 0.3 is 5.97 Å². The van der Waals surface area contributed by atoms with Crippen LogP contribution in [0.4, 0.5) is 0 Å². The summed E-state index contributed by atoms with van der Waals surface area (Å²) in [5, 5.41) is 6.41. The normalized spacial score (nSPS) is 11.2. The minimum absolute atomic E-state index is 0.300. The van der Waals surface area contributed by atoms with E-state index in [9.17, 15) is 4.79 Å². The van der Waals surface area contributed by atoms with E-state index in [4.69, 9.17) is 9.47 Å². The second-order valence-corrected chi connectivity index (χ2v) is 7.15. The molecule has 0 saturated carbocycles. The number of aromatic nitrogens is 2. The van der Waals surface area contributed by atoms with E-state index >= 15 is 0 Å². The number of benzene rings is 3. The van der Waals surface area contributed by atoms with Crippen LogP contribution in [-0.4, -0.2) is 22.4 Å². The van der Waals surface area contributed by atoms with Gasteiger partial charge in [0.15, 0.2) is 5.69 Å². The maximum absolute atomic E-state index is 11.9. The molecule has 3 aromatic carbocycles. The molecule has 0 amide bonds. The van der Waals surface area contributed by atoms with Crippen LogP contribution in [0.3, 0.4) is 0 Å². The zero-order chi connectivity index (χ0) is 21.6. The number of fused-ring (bicyclic) bond motifs is 1. The summed E-state index contributed by atoms with van der Waals surface area (Å²) in [5.41, 5.74) is 3.23. The van der Waals surface area contributed by atoms with Crippen molar-refractivity contribution in [3.63, 3.8) is 0 Å². The van der Waals surface area contributed by atoms with Gasteiger partial charge in [-0.25, -0.2) is 4.79 Å². The molecule has 5 nitrogen and oxygen atoms in total. The lowest BCUT2D eigenvalue weighted by Crippen LogP contribution is -2.05. The molecule has 0 bridgehead atoms. The van der Waals surface area contributed by atoms with Gasteiger partial charge in [-0.2, -0.15) is 5.10 Å². The smallest absolute Gasteiger partial charge is 0.358 e. The Morgan fingerprint density at radius 2 is 1.77 bits per heavy atom. The van der Waals surface area contributed by atoms with E-state index in [-0.39, 0.29) is 0 Å². The van der Waals surface area contributed by atoms with Crippen LogP contribution in [0, 0.1) is 0 Å². The highest BCUT2D eigenvalue weighted by Crippen LogP contribution is 2.29. The fourth-order valence-electron chi connectivity index (χ4n) is 3.37. The van der Waals surface area contributed by atoms with E-state index in [0.29, 0.717) is 18.9 Å². The topological polar surface area (TPSA) is 53.4 Å². The van der Waals surface area contributed by atoms with Crippen LogP contribution in [0.25, 0.3) is 22.9 Å². The number of nitrogens with zero attached hydrogens (tertiary/aromatic N) is 2. The number of carbonyl (C=O) groups excluding carboxylic acids is 1. The summed E-state index contributed by atoms with van der Waals surface area (Å²) < 4.78 is 12.9. The molecule has 156 valence electrons. The van der Waals surface area contributed by atoms with Gasteiger partial charge in [0.1, 0.15) is 12.4 Å². The number of hydrogen-bond acceptors (Lipinski definition) is 4. The zero-order valence-electron chi connectivity index (χ0n) is 17.6. The second kappa shape index (κ2) is 9.30. The minimum atomic E-state index is -0.417. The summed E-state index contributed by atoms with van der Waals surface area (Å²) in [5.74, 6) is 0.416. The summed E-state index contributed by atoms with van der Waals surface area (Å²) in [6.45, 7) is 2.60. The Balaban J connectivity index is 1.61. The highest BCUT2D eigenvalue weighted by Gasteiger charge is 2.12. The Hall–Kier alpha value is -3.86. The predicted octanol–water partition coefficient (Wildman–Crippen LogP) is 5.50. The lowest BCUT2D eigenvalue weighted by molar-refractivity contribution is 0.0518. The molecular formula is C26H24N2O3. The number of ether oxygens (including phenoxy) is 2. The van der Waals surface area contributed by atoms with Crippen LogP contribution in [0.15, 0.2) is 72.8 Å². The van der Waals surface area contributed by atoms with E-state index in [1.165, 1.54) is 0 Å². The van der Waals surface area contributed by atoms with Crippen molar-refractivity contribution in [1.29, 1.82) is 0 Å². The number of rotatable bonds is 7. The molecule has 0 spiro atoms. The minimum Gasteiger partial charge on any atom is -0.488 e. The molecule has 4 rings (SSSR count). The lowest BCUT2D eigenvalue weighted by atomic mass is 10.1. The summed E-state index contributed by atoms with van der Waals surface area (Å²) in [6, 6.07) is 24.2. The van der Waals surface area contributed by atoms with Gasteiger partial charge in [-0.05, 0) is 47.7 Å². The van der Waals surface area contributed by atoms with Gasteiger partial charge in [-0.3, -0.25) is 4.68 Å². The van der Waals surface area contributed by atoms with Crippen LogP contribution in [0.5, 0.6) is 5.75 Å². The first-order chi connectivity index (χ1) is 15.1. The van der Waals surface area contributed by atoms with E-state index in [1.54, 1.807) is 24.7 Å². The number of aryl methyl sites for hydroxylation is 1. The van der Waals surface area contributed by atoms with Gasteiger partial charge < -0.3 is 9.47 Å². The highest BCUT2D eigenvalue weighted by atomic mass is 16.5. The zero-order valence-corrected chi connectivity index (χ0v) is 17.6. The molecule has 0 aliphatic heterocycles. The molecule has 5 heteroatoms. The standard InChI is InChI=1S/C26H24N2O3/c1-3-30-26(29)24-17-22(28(2)27-24)14-13-20-15-21-11-7-8-12-23(21)25(16-20)31-18-19-9-5-4-6-10-19/h4-17H,3,18H2,1-2H3/b14-13+. The molecule has 0 unspecified atom stereocenters. The van der Waals surface area contributed by atoms with Gasteiger partial charge in [-0.1, -0.05) is 60.7 Å². The van der Waals surface area contributed by atoms with Crippen molar-refractivity contribution < 1.29 is 14.3 Å². The second-order valence-electron chi connectivity index (χ2n) is 7.15. The summed E-state index contributed by atoms with van der Waals surface area (Å²) in [4.78, 5) is 11.9. The third-order valence-electron chi connectivity index (χ3n) is 4.93. The Bertz CT molecular complexity index is 1230. The highest BCUT2D eigenvalue weighted by molar-refractivity contribution is 5.92. The van der Waals surface area contributed by atoms with E-state index in [2.05, 4.69) is 35.4 Å². The number of carbonyl (C=O) groups is 1. The number of esters is 1. The van der Waals surface area contributed by atoms with Crippen LogP contribution in [0.1, 0.15) is 34.2 Å². The molecule has 0 fully saturated rings. The van der Waals surface area contributed by atoms with Crippen molar-refractivity contribution in [3.05, 3.63) is 95.3 Å². The average Bonchev–Trinajstić information content (AvgIpc) is 3.17. The molecule has 31 heavy (non-hydrogen) atoms. The molecule has 0 aliphatic carbocycles. The monoisotopic (exact) mass is 412 g/mol. The van der Waals surface area contributed by atoms with Gasteiger partial charge in [0, 0.05) is 12.4 Å². The van der Waals surface area contributed by atoms with E-state index in [0.717, 1.165) is 33.3 Å². The quantitative estimate of drug-likeness (QED) is 0.376. The summed E-state index contributed by atoms with van der Waals surface area (Å²) >= 11 is 0. The molecule has 0 radical (unpaired) electrons. The number of hydrogen-bond donors (Lipinski definition) is 0. The Morgan fingerprint density at radius 1 is 1.00 bits per heavy atom. The van der Waals surface area contributed by atoms with E-state index in [1.807, 2.05) is 48.6 Å². The molecule has 4 aromatic rings.